The lowest BCUT2D eigenvalue weighted by Gasteiger charge is -2.19. The van der Waals surface area contributed by atoms with Crippen molar-refractivity contribution < 1.29 is 19.1 Å². The molecule has 0 radical (unpaired) electrons. The molecule has 0 aromatic heterocycles. The van der Waals surface area contributed by atoms with Gasteiger partial charge in [0.05, 0.1) is 5.75 Å². The van der Waals surface area contributed by atoms with Crippen LogP contribution >= 0.6 is 11.8 Å². The van der Waals surface area contributed by atoms with Crippen molar-refractivity contribution in [2.45, 2.75) is 44.1 Å². The highest BCUT2D eigenvalue weighted by Gasteiger charge is 2.27. The number of esters is 1. The largest absolute Gasteiger partial charge is 0.451 e. The van der Waals surface area contributed by atoms with E-state index in [4.69, 9.17) is 10.5 Å². The fraction of sp³-hybridized carbons (Fsp3) is 0.471. The molecule has 3 N–H and O–H groups in total. The molecule has 0 bridgehead atoms. The Morgan fingerprint density at radius 2 is 1.96 bits per heavy atom. The minimum absolute atomic E-state index is 0.103. The molecule has 0 saturated carbocycles. The van der Waals surface area contributed by atoms with Gasteiger partial charge in [-0.05, 0) is 48.4 Å². The molecule has 0 saturated heterocycles. The van der Waals surface area contributed by atoms with Gasteiger partial charge in [-0.2, -0.15) is 0 Å². The number of amides is 3. The molecule has 2 rings (SSSR count). The number of fused-ring (bicyclic) bond motifs is 1. The predicted octanol–water partition coefficient (Wildman–Crippen LogP) is 2.03. The lowest BCUT2D eigenvalue weighted by Crippen LogP contribution is -2.45. The number of aryl methyl sites for hydroxylation is 2. The lowest BCUT2D eigenvalue weighted by atomic mass is 10.1. The van der Waals surface area contributed by atoms with Crippen molar-refractivity contribution in [2.24, 2.45) is 11.7 Å². The van der Waals surface area contributed by atoms with Crippen LogP contribution in [0.1, 0.15) is 31.4 Å². The van der Waals surface area contributed by atoms with E-state index < -0.39 is 24.0 Å². The van der Waals surface area contributed by atoms with Gasteiger partial charge in [-0.3, -0.25) is 14.9 Å². The zero-order chi connectivity index (χ0) is 17.7. The summed E-state index contributed by atoms with van der Waals surface area (Å²) >= 11 is 1.38. The average molecular weight is 350 g/mol. The van der Waals surface area contributed by atoms with Gasteiger partial charge in [0.2, 0.25) is 0 Å². The third-order valence-corrected chi connectivity index (χ3v) is 4.76. The van der Waals surface area contributed by atoms with Crippen LogP contribution in [0.3, 0.4) is 0 Å². The summed E-state index contributed by atoms with van der Waals surface area (Å²) in [5.41, 5.74) is 7.65. The van der Waals surface area contributed by atoms with E-state index in [0.717, 1.165) is 17.7 Å². The number of hydrogen-bond acceptors (Lipinski definition) is 5. The normalized spacial score (nSPS) is 14.1. The zero-order valence-electron chi connectivity index (χ0n) is 13.8. The maximum absolute atomic E-state index is 12.0. The number of carbonyl (C=O) groups is 3. The first-order valence-corrected chi connectivity index (χ1v) is 8.89. The molecular formula is C17H22N2O4S. The molecule has 7 heteroatoms. The number of rotatable bonds is 6. The van der Waals surface area contributed by atoms with Crippen LogP contribution in [0.4, 0.5) is 4.79 Å². The molecule has 1 aromatic carbocycles. The van der Waals surface area contributed by atoms with E-state index in [0.29, 0.717) is 0 Å². The Hall–Kier alpha value is -2.02. The SMILES string of the molecule is CC(C)C(OC(=O)CSc1ccc2c(c1)CCC2)C(=O)NC(N)=O. The van der Waals surface area contributed by atoms with Gasteiger partial charge in [0.25, 0.3) is 5.91 Å². The molecule has 0 spiro atoms. The predicted molar refractivity (Wildman–Crippen MR) is 91.6 cm³/mol. The Kier molecular flexibility index (Phi) is 6.25. The number of hydrogen-bond donors (Lipinski definition) is 2. The Labute approximate surface area is 145 Å². The highest BCUT2D eigenvalue weighted by atomic mass is 32.2. The van der Waals surface area contributed by atoms with Crippen LogP contribution in [0.5, 0.6) is 0 Å². The van der Waals surface area contributed by atoms with Gasteiger partial charge in [0.15, 0.2) is 6.10 Å². The van der Waals surface area contributed by atoms with E-state index in [1.54, 1.807) is 13.8 Å². The summed E-state index contributed by atoms with van der Waals surface area (Å²) in [6, 6.07) is 5.25. The van der Waals surface area contributed by atoms with Gasteiger partial charge < -0.3 is 10.5 Å². The molecule has 0 heterocycles. The minimum Gasteiger partial charge on any atom is -0.451 e. The maximum Gasteiger partial charge on any atom is 0.318 e. The van der Waals surface area contributed by atoms with Crippen LogP contribution in [0, 0.1) is 5.92 Å². The Balaban J connectivity index is 1.89. The third kappa shape index (κ3) is 4.99. The first-order valence-electron chi connectivity index (χ1n) is 7.91. The van der Waals surface area contributed by atoms with E-state index >= 15 is 0 Å². The van der Waals surface area contributed by atoms with Gasteiger partial charge in [-0.25, -0.2) is 4.79 Å². The van der Waals surface area contributed by atoms with E-state index in [1.165, 1.54) is 29.3 Å². The van der Waals surface area contributed by atoms with Crippen LogP contribution in [-0.4, -0.2) is 29.8 Å². The number of nitrogens with two attached hydrogens (primary N) is 1. The number of ether oxygens (including phenoxy) is 1. The second-order valence-electron chi connectivity index (χ2n) is 6.08. The molecule has 1 aromatic rings. The molecule has 0 aliphatic heterocycles. The van der Waals surface area contributed by atoms with Crippen LogP contribution in [0.25, 0.3) is 0 Å². The summed E-state index contributed by atoms with van der Waals surface area (Å²) in [6.07, 6.45) is 2.34. The summed E-state index contributed by atoms with van der Waals surface area (Å²) in [5, 5.41) is 1.95. The Bertz CT molecular complexity index is 645. The third-order valence-electron chi connectivity index (χ3n) is 3.80. The van der Waals surface area contributed by atoms with Crippen LogP contribution < -0.4 is 11.1 Å². The van der Waals surface area contributed by atoms with Crippen molar-refractivity contribution in [1.82, 2.24) is 5.32 Å². The topological polar surface area (TPSA) is 98.5 Å². The quantitative estimate of drug-likeness (QED) is 0.604. The van der Waals surface area contributed by atoms with Crippen LogP contribution in [0.2, 0.25) is 0 Å². The molecule has 1 aliphatic carbocycles. The molecular weight excluding hydrogens is 328 g/mol. The van der Waals surface area contributed by atoms with Crippen molar-refractivity contribution in [3.05, 3.63) is 29.3 Å². The zero-order valence-corrected chi connectivity index (χ0v) is 14.7. The number of nitrogens with one attached hydrogen (secondary N) is 1. The molecule has 3 amide bonds. The first-order chi connectivity index (χ1) is 11.4. The second-order valence-corrected chi connectivity index (χ2v) is 7.13. The summed E-state index contributed by atoms with van der Waals surface area (Å²) in [7, 11) is 0. The molecule has 1 unspecified atom stereocenters. The fourth-order valence-corrected chi connectivity index (χ4v) is 3.38. The molecule has 0 fully saturated rings. The van der Waals surface area contributed by atoms with E-state index in [1.807, 2.05) is 11.4 Å². The number of imide groups is 1. The van der Waals surface area contributed by atoms with Crippen molar-refractivity contribution in [2.75, 3.05) is 5.75 Å². The first kappa shape index (κ1) is 18.3. The second kappa shape index (κ2) is 8.19. The monoisotopic (exact) mass is 350 g/mol. The molecule has 6 nitrogen and oxygen atoms in total. The Morgan fingerprint density at radius 3 is 2.62 bits per heavy atom. The highest BCUT2D eigenvalue weighted by molar-refractivity contribution is 8.00. The van der Waals surface area contributed by atoms with Gasteiger partial charge >= 0.3 is 12.0 Å². The van der Waals surface area contributed by atoms with Gasteiger partial charge in [0, 0.05) is 4.90 Å². The number of carbonyl (C=O) groups excluding carboxylic acids is 3. The fourth-order valence-electron chi connectivity index (χ4n) is 2.64. The van der Waals surface area contributed by atoms with Crippen LogP contribution in [-0.2, 0) is 27.2 Å². The van der Waals surface area contributed by atoms with Crippen LogP contribution in [0.15, 0.2) is 23.1 Å². The van der Waals surface area contributed by atoms with E-state index in [-0.39, 0.29) is 11.7 Å². The van der Waals surface area contributed by atoms with Crippen molar-refractivity contribution in [3.63, 3.8) is 0 Å². The maximum atomic E-state index is 12.0. The van der Waals surface area contributed by atoms with Crippen molar-refractivity contribution >= 4 is 29.7 Å². The van der Waals surface area contributed by atoms with E-state index in [2.05, 4.69) is 12.1 Å². The van der Waals surface area contributed by atoms with Crippen molar-refractivity contribution in [3.8, 4) is 0 Å². The lowest BCUT2D eigenvalue weighted by molar-refractivity contribution is -0.155. The van der Waals surface area contributed by atoms with Gasteiger partial charge in [0.1, 0.15) is 0 Å². The summed E-state index contributed by atoms with van der Waals surface area (Å²) in [4.78, 5) is 35.6. The van der Waals surface area contributed by atoms with Crippen molar-refractivity contribution in [1.29, 1.82) is 0 Å². The highest BCUT2D eigenvalue weighted by Crippen LogP contribution is 2.27. The van der Waals surface area contributed by atoms with Gasteiger partial charge in [-0.1, -0.05) is 19.9 Å². The number of primary amides is 1. The number of thioether (sulfide) groups is 1. The average Bonchev–Trinajstić information content (AvgIpc) is 2.97. The molecule has 1 atom stereocenters. The number of benzene rings is 1. The minimum atomic E-state index is -1.04. The Morgan fingerprint density at radius 1 is 1.25 bits per heavy atom. The molecule has 24 heavy (non-hydrogen) atoms. The summed E-state index contributed by atoms with van der Waals surface area (Å²) in [6.45, 7) is 3.46. The summed E-state index contributed by atoms with van der Waals surface area (Å²) < 4.78 is 5.21. The smallest absolute Gasteiger partial charge is 0.318 e. The summed E-state index contributed by atoms with van der Waals surface area (Å²) in [5.74, 6) is -1.36. The number of urea groups is 1. The molecule has 130 valence electrons. The van der Waals surface area contributed by atoms with E-state index in [9.17, 15) is 14.4 Å². The standard InChI is InChI=1S/C17H22N2O4S/c1-10(2)15(16(21)19-17(18)22)23-14(20)9-24-13-7-6-11-4-3-5-12(11)8-13/h6-8,10,15H,3-5,9H2,1-2H3,(H3,18,19,21,22). The van der Waals surface area contributed by atoms with Gasteiger partial charge in [-0.15, -0.1) is 11.8 Å². The molecule has 1 aliphatic rings.